The lowest BCUT2D eigenvalue weighted by Gasteiger charge is -2.23. The highest BCUT2D eigenvalue weighted by Gasteiger charge is 2.36. The lowest BCUT2D eigenvalue weighted by atomic mass is 10.1. The summed E-state index contributed by atoms with van der Waals surface area (Å²) in [5.41, 5.74) is -0.607. The number of likely N-dealkylation sites (tertiary alicyclic amines) is 1. The number of hydrogen-bond acceptors (Lipinski definition) is 4. The molecule has 0 spiro atoms. The number of aliphatic hydroxyl groups excluding tert-OH is 1. The first kappa shape index (κ1) is 14.6. The smallest absolute Gasteiger partial charge is 0.407 e. The molecule has 2 amide bonds. The number of nitrogens with zero attached hydrogens (tertiary/aromatic N) is 1. The van der Waals surface area contributed by atoms with E-state index in [0.717, 1.165) is 0 Å². The van der Waals surface area contributed by atoms with E-state index in [0.29, 0.717) is 0 Å². The van der Waals surface area contributed by atoms with Crippen LogP contribution in [0.25, 0.3) is 0 Å². The van der Waals surface area contributed by atoms with Crippen LogP contribution in [0.1, 0.15) is 20.8 Å². The van der Waals surface area contributed by atoms with E-state index in [9.17, 15) is 9.59 Å². The van der Waals surface area contributed by atoms with Crippen molar-refractivity contribution in [1.82, 2.24) is 10.2 Å². The van der Waals surface area contributed by atoms with Gasteiger partial charge in [-0.25, -0.2) is 9.59 Å². The van der Waals surface area contributed by atoms with Gasteiger partial charge in [0.15, 0.2) is 0 Å². The molecule has 104 valence electrons. The second kappa shape index (κ2) is 5.43. The Hall–Kier alpha value is -1.50. The van der Waals surface area contributed by atoms with Gasteiger partial charge in [-0.3, -0.25) is 0 Å². The number of carbonyl (C=O) groups excluding carboxylic acids is 1. The lowest BCUT2D eigenvalue weighted by Crippen LogP contribution is -2.44. The van der Waals surface area contributed by atoms with E-state index in [1.54, 1.807) is 20.8 Å². The Kier molecular flexibility index (Phi) is 4.39. The van der Waals surface area contributed by atoms with Gasteiger partial charge in [0.1, 0.15) is 5.60 Å². The van der Waals surface area contributed by atoms with Crippen LogP contribution in [0.3, 0.4) is 0 Å². The van der Waals surface area contributed by atoms with Crippen LogP contribution < -0.4 is 5.32 Å². The molecule has 0 saturated carbocycles. The number of rotatable bonds is 2. The van der Waals surface area contributed by atoms with Crippen molar-refractivity contribution in [2.24, 2.45) is 5.92 Å². The van der Waals surface area contributed by atoms with E-state index in [1.165, 1.54) is 4.90 Å². The van der Waals surface area contributed by atoms with E-state index >= 15 is 0 Å². The molecule has 0 aliphatic carbocycles. The van der Waals surface area contributed by atoms with Crippen LogP contribution in [-0.4, -0.2) is 58.6 Å². The maximum atomic E-state index is 11.6. The lowest BCUT2D eigenvalue weighted by molar-refractivity contribution is 0.0487. The van der Waals surface area contributed by atoms with Crippen LogP contribution >= 0.6 is 0 Å². The predicted octanol–water partition coefficient (Wildman–Crippen LogP) is 0.482. The minimum Gasteiger partial charge on any atom is -0.465 e. The largest absolute Gasteiger partial charge is 0.465 e. The van der Waals surface area contributed by atoms with E-state index in [2.05, 4.69) is 5.32 Å². The molecule has 1 aliphatic heterocycles. The van der Waals surface area contributed by atoms with Gasteiger partial charge in [0, 0.05) is 25.6 Å². The van der Waals surface area contributed by atoms with E-state index in [4.69, 9.17) is 14.9 Å². The van der Waals surface area contributed by atoms with Crippen LogP contribution in [0.5, 0.6) is 0 Å². The summed E-state index contributed by atoms with van der Waals surface area (Å²) < 4.78 is 5.09. The first-order valence-electron chi connectivity index (χ1n) is 5.81. The molecule has 0 aromatic rings. The maximum absolute atomic E-state index is 11.6. The first-order chi connectivity index (χ1) is 8.23. The number of alkyl carbamates (subject to hydrolysis) is 1. The summed E-state index contributed by atoms with van der Waals surface area (Å²) in [6.07, 6.45) is -1.65. The number of amides is 2. The van der Waals surface area contributed by atoms with Crippen molar-refractivity contribution in [3.63, 3.8) is 0 Å². The normalized spacial score (nSPS) is 23.9. The summed E-state index contributed by atoms with van der Waals surface area (Å²) in [7, 11) is 0. The standard InChI is InChI=1S/C11H20N2O5/c1-11(2,3)18-9(15)12-8-5-13(10(16)17)4-7(8)6-14/h7-8,14H,4-6H2,1-3H3,(H,12,15)(H,16,17)/t7?,8-/m1/s1. The van der Waals surface area contributed by atoms with Gasteiger partial charge in [-0.2, -0.15) is 0 Å². The van der Waals surface area contributed by atoms with E-state index in [1.807, 2.05) is 0 Å². The summed E-state index contributed by atoms with van der Waals surface area (Å²) in [6, 6.07) is -0.416. The molecule has 1 rings (SSSR count). The van der Waals surface area contributed by atoms with Gasteiger partial charge >= 0.3 is 12.2 Å². The van der Waals surface area contributed by atoms with Gasteiger partial charge in [0.2, 0.25) is 0 Å². The molecule has 0 radical (unpaired) electrons. The van der Waals surface area contributed by atoms with Crippen LogP contribution in [0, 0.1) is 5.92 Å². The third-order valence-corrected chi connectivity index (χ3v) is 2.65. The van der Waals surface area contributed by atoms with Crippen LogP contribution in [0.2, 0.25) is 0 Å². The minimum atomic E-state index is -1.05. The highest BCUT2D eigenvalue weighted by molar-refractivity contribution is 5.69. The zero-order valence-electron chi connectivity index (χ0n) is 10.8. The Morgan fingerprint density at radius 2 is 2.00 bits per heavy atom. The van der Waals surface area contributed by atoms with Crippen molar-refractivity contribution in [2.75, 3.05) is 19.7 Å². The number of aliphatic hydroxyl groups is 1. The summed E-state index contributed by atoms with van der Waals surface area (Å²) in [4.78, 5) is 23.6. The molecule has 0 aromatic heterocycles. The fraction of sp³-hybridized carbons (Fsp3) is 0.818. The molecule has 0 bridgehead atoms. The SMILES string of the molecule is CC(C)(C)OC(=O)N[C@@H]1CN(C(=O)O)CC1CO. The van der Waals surface area contributed by atoms with Crippen molar-refractivity contribution in [3.8, 4) is 0 Å². The average molecular weight is 260 g/mol. The Morgan fingerprint density at radius 1 is 1.39 bits per heavy atom. The van der Waals surface area contributed by atoms with Gasteiger partial charge in [0.25, 0.3) is 0 Å². The summed E-state index contributed by atoms with van der Waals surface area (Å²) in [5, 5.41) is 20.6. The molecule has 1 heterocycles. The average Bonchev–Trinajstić information content (AvgIpc) is 2.57. The molecule has 0 aromatic carbocycles. The number of nitrogens with one attached hydrogen (secondary N) is 1. The van der Waals surface area contributed by atoms with E-state index < -0.39 is 23.8 Å². The van der Waals surface area contributed by atoms with Gasteiger partial charge in [0.05, 0.1) is 6.04 Å². The maximum Gasteiger partial charge on any atom is 0.407 e. The minimum absolute atomic E-state index is 0.166. The Balaban J connectivity index is 2.55. The third kappa shape index (κ3) is 4.06. The Labute approximate surface area is 106 Å². The zero-order chi connectivity index (χ0) is 13.9. The zero-order valence-corrected chi connectivity index (χ0v) is 10.8. The molecule has 1 aliphatic rings. The molecule has 1 fully saturated rings. The fourth-order valence-electron chi connectivity index (χ4n) is 1.83. The quantitative estimate of drug-likeness (QED) is 0.670. The van der Waals surface area contributed by atoms with Crippen molar-refractivity contribution in [3.05, 3.63) is 0 Å². The van der Waals surface area contributed by atoms with Crippen molar-refractivity contribution in [1.29, 1.82) is 0 Å². The summed E-state index contributed by atoms with van der Waals surface area (Å²) >= 11 is 0. The highest BCUT2D eigenvalue weighted by Crippen LogP contribution is 2.17. The fourth-order valence-corrected chi connectivity index (χ4v) is 1.83. The van der Waals surface area contributed by atoms with Gasteiger partial charge in [-0.1, -0.05) is 0 Å². The Bertz CT molecular complexity index is 326. The molecule has 7 nitrogen and oxygen atoms in total. The number of carboxylic acid groups (broad SMARTS) is 1. The molecule has 2 atom stereocenters. The Morgan fingerprint density at radius 3 is 2.44 bits per heavy atom. The van der Waals surface area contributed by atoms with Crippen LogP contribution in [0.15, 0.2) is 0 Å². The molecule has 18 heavy (non-hydrogen) atoms. The third-order valence-electron chi connectivity index (χ3n) is 2.65. The van der Waals surface area contributed by atoms with Gasteiger partial charge < -0.3 is 25.2 Å². The number of hydrogen-bond donors (Lipinski definition) is 3. The van der Waals surface area contributed by atoms with Crippen LogP contribution in [-0.2, 0) is 4.74 Å². The monoisotopic (exact) mass is 260 g/mol. The highest BCUT2D eigenvalue weighted by atomic mass is 16.6. The molecular weight excluding hydrogens is 240 g/mol. The molecule has 1 saturated heterocycles. The van der Waals surface area contributed by atoms with E-state index in [-0.39, 0.29) is 25.6 Å². The molecular formula is C11H20N2O5. The molecule has 3 N–H and O–H groups in total. The molecule has 1 unspecified atom stereocenters. The van der Waals surface area contributed by atoms with Gasteiger partial charge in [-0.15, -0.1) is 0 Å². The van der Waals surface area contributed by atoms with Crippen molar-refractivity contribution in [2.45, 2.75) is 32.4 Å². The number of ether oxygens (including phenoxy) is 1. The summed E-state index contributed by atoms with van der Waals surface area (Å²) in [5.74, 6) is -0.298. The first-order valence-corrected chi connectivity index (χ1v) is 5.81. The van der Waals surface area contributed by atoms with Crippen LogP contribution in [0.4, 0.5) is 9.59 Å². The number of carbonyl (C=O) groups is 2. The second-order valence-electron chi connectivity index (χ2n) is 5.38. The van der Waals surface area contributed by atoms with Crippen molar-refractivity contribution >= 4 is 12.2 Å². The predicted molar refractivity (Wildman–Crippen MR) is 63.3 cm³/mol. The van der Waals surface area contributed by atoms with Gasteiger partial charge in [-0.05, 0) is 20.8 Å². The topological polar surface area (TPSA) is 99.1 Å². The molecule has 7 heteroatoms. The summed E-state index contributed by atoms with van der Waals surface area (Å²) in [6.45, 7) is 5.44. The van der Waals surface area contributed by atoms with Crippen molar-refractivity contribution < 1.29 is 24.5 Å². The second-order valence-corrected chi connectivity index (χ2v) is 5.38.